The highest BCUT2D eigenvalue weighted by atomic mass is 16.6. The molecule has 2 unspecified atom stereocenters. The van der Waals surface area contributed by atoms with E-state index in [2.05, 4.69) is 5.32 Å². The van der Waals surface area contributed by atoms with Crippen LogP contribution in [-0.2, 0) is 16.0 Å². The molecular formula is C29H37NO4. The zero-order valence-electron chi connectivity index (χ0n) is 20.5. The van der Waals surface area contributed by atoms with E-state index in [1.165, 1.54) is 12.8 Å². The van der Waals surface area contributed by atoms with Crippen molar-refractivity contribution >= 4 is 17.9 Å². The molecule has 0 radical (unpaired) electrons. The van der Waals surface area contributed by atoms with E-state index in [4.69, 9.17) is 4.74 Å². The number of aliphatic hydroxyl groups excluding tert-OH is 1. The van der Waals surface area contributed by atoms with Gasteiger partial charge in [-0.05, 0) is 82.1 Å². The molecule has 2 atom stereocenters. The molecule has 5 heteroatoms. The Morgan fingerprint density at radius 1 is 1.15 bits per heavy atom. The summed E-state index contributed by atoms with van der Waals surface area (Å²) < 4.78 is 5.67. The summed E-state index contributed by atoms with van der Waals surface area (Å²) in [6.07, 6.45) is 7.00. The zero-order chi connectivity index (χ0) is 24.3. The van der Waals surface area contributed by atoms with E-state index in [1.807, 2.05) is 69.3 Å². The minimum absolute atomic E-state index is 0.0524. The van der Waals surface area contributed by atoms with Gasteiger partial charge < -0.3 is 15.2 Å². The van der Waals surface area contributed by atoms with Gasteiger partial charge in [-0.1, -0.05) is 49.2 Å². The number of carbonyl (C=O) groups is 2. The van der Waals surface area contributed by atoms with Gasteiger partial charge in [0.25, 0.3) is 0 Å². The number of hydrogen-bond donors (Lipinski definition) is 2. The lowest BCUT2D eigenvalue weighted by molar-refractivity contribution is -0.161. The van der Waals surface area contributed by atoms with Crippen molar-refractivity contribution in [3.05, 3.63) is 65.2 Å². The third-order valence-electron chi connectivity index (χ3n) is 7.17. The molecule has 0 aromatic heterocycles. The summed E-state index contributed by atoms with van der Waals surface area (Å²) >= 11 is 0. The molecule has 0 bridgehead atoms. The number of carbonyl (C=O) groups excluding carboxylic acids is 2. The predicted molar refractivity (Wildman–Crippen MR) is 134 cm³/mol. The quantitative estimate of drug-likeness (QED) is 0.276. The number of aldehydes is 1. The first-order chi connectivity index (χ1) is 16.2. The van der Waals surface area contributed by atoms with Crippen LogP contribution in [0.2, 0.25) is 0 Å². The lowest BCUT2D eigenvalue weighted by Crippen LogP contribution is -2.32. The normalized spacial score (nSPS) is 19.3. The predicted octanol–water partition coefficient (Wildman–Crippen LogP) is 5.87. The van der Waals surface area contributed by atoms with Gasteiger partial charge in [-0.2, -0.15) is 0 Å². The van der Waals surface area contributed by atoms with Gasteiger partial charge in [0.2, 0.25) is 0 Å². The molecule has 0 amide bonds. The molecule has 2 saturated carbocycles. The fourth-order valence-corrected chi connectivity index (χ4v) is 5.24. The van der Waals surface area contributed by atoms with Crippen molar-refractivity contribution in [2.24, 2.45) is 11.3 Å². The standard InChI is InChI=1S/C29H37NO4/c1-28(2,3)34-27(33)29(15-16-29)18-21-7-6-10-24(17-21)30-26(32)25(22-8-4-5-9-22)23-13-11-20(19-31)12-14-23/h6-7,10-14,17,19,22,25-26,30,32H,4-5,8-9,15-16,18H2,1-3H3. The largest absolute Gasteiger partial charge is 0.460 e. The number of esters is 1. The van der Waals surface area contributed by atoms with Crippen LogP contribution >= 0.6 is 0 Å². The summed E-state index contributed by atoms with van der Waals surface area (Å²) in [6.45, 7) is 5.71. The van der Waals surface area contributed by atoms with E-state index in [9.17, 15) is 14.7 Å². The van der Waals surface area contributed by atoms with Gasteiger partial charge >= 0.3 is 5.97 Å². The maximum Gasteiger partial charge on any atom is 0.312 e. The Kier molecular flexibility index (Phi) is 7.13. The van der Waals surface area contributed by atoms with Crippen LogP contribution in [0.3, 0.4) is 0 Å². The van der Waals surface area contributed by atoms with Crippen molar-refractivity contribution in [2.75, 3.05) is 5.32 Å². The van der Waals surface area contributed by atoms with Crippen molar-refractivity contribution in [2.45, 2.75) is 83.5 Å². The summed E-state index contributed by atoms with van der Waals surface area (Å²) in [4.78, 5) is 23.8. The van der Waals surface area contributed by atoms with Crippen LogP contribution in [0, 0.1) is 11.3 Å². The number of nitrogens with one attached hydrogen (secondary N) is 1. The van der Waals surface area contributed by atoms with Crippen molar-refractivity contribution in [1.82, 2.24) is 0 Å². The fourth-order valence-electron chi connectivity index (χ4n) is 5.24. The lowest BCUT2D eigenvalue weighted by atomic mass is 9.83. The van der Waals surface area contributed by atoms with Crippen LogP contribution in [0.5, 0.6) is 0 Å². The number of aliphatic hydroxyl groups is 1. The summed E-state index contributed by atoms with van der Waals surface area (Å²) in [6, 6.07) is 15.6. The first kappa shape index (κ1) is 24.5. The molecule has 34 heavy (non-hydrogen) atoms. The molecule has 5 nitrogen and oxygen atoms in total. The van der Waals surface area contributed by atoms with Gasteiger partial charge in [-0.15, -0.1) is 0 Å². The van der Waals surface area contributed by atoms with Crippen LogP contribution in [0.4, 0.5) is 5.69 Å². The molecule has 2 aromatic rings. The van der Waals surface area contributed by atoms with E-state index in [0.717, 1.165) is 48.8 Å². The van der Waals surface area contributed by atoms with Crippen LogP contribution < -0.4 is 5.32 Å². The van der Waals surface area contributed by atoms with Crippen molar-refractivity contribution in [3.8, 4) is 0 Å². The molecule has 0 spiro atoms. The SMILES string of the molecule is CC(C)(C)OC(=O)C1(Cc2cccc(NC(O)C(c3ccc(C=O)cc3)C3CCCC3)c2)CC1. The second kappa shape index (κ2) is 9.91. The molecule has 2 aliphatic carbocycles. The second-order valence-corrected chi connectivity index (χ2v) is 11.1. The number of hydrogen-bond acceptors (Lipinski definition) is 5. The first-order valence-electron chi connectivity index (χ1n) is 12.5. The van der Waals surface area contributed by atoms with E-state index in [-0.39, 0.29) is 11.9 Å². The molecule has 0 heterocycles. The van der Waals surface area contributed by atoms with Crippen LogP contribution in [0.15, 0.2) is 48.5 Å². The topological polar surface area (TPSA) is 75.6 Å². The molecule has 2 aliphatic rings. The molecule has 4 rings (SSSR count). The van der Waals surface area contributed by atoms with Crippen LogP contribution in [-0.4, -0.2) is 29.2 Å². The second-order valence-electron chi connectivity index (χ2n) is 11.1. The first-order valence-corrected chi connectivity index (χ1v) is 12.5. The highest BCUT2D eigenvalue weighted by molar-refractivity contribution is 5.80. The number of anilines is 1. The molecule has 0 aliphatic heterocycles. The summed E-state index contributed by atoms with van der Waals surface area (Å²) in [7, 11) is 0. The van der Waals surface area contributed by atoms with E-state index in [1.54, 1.807) is 0 Å². The van der Waals surface area contributed by atoms with Gasteiger partial charge in [0, 0.05) is 17.2 Å². The summed E-state index contributed by atoms with van der Waals surface area (Å²) in [5.74, 6) is 0.233. The van der Waals surface area contributed by atoms with Crippen molar-refractivity contribution in [3.63, 3.8) is 0 Å². The molecule has 2 N–H and O–H groups in total. The van der Waals surface area contributed by atoms with Gasteiger partial charge in [0.05, 0.1) is 5.41 Å². The maximum absolute atomic E-state index is 12.7. The number of rotatable bonds is 9. The molecule has 2 fully saturated rings. The zero-order valence-corrected chi connectivity index (χ0v) is 20.5. The molecule has 2 aromatic carbocycles. The highest BCUT2D eigenvalue weighted by Crippen LogP contribution is 2.50. The molecular weight excluding hydrogens is 426 g/mol. The molecule has 182 valence electrons. The maximum atomic E-state index is 12.7. The molecule has 0 saturated heterocycles. The van der Waals surface area contributed by atoms with Crippen LogP contribution in [0.25, 0.3) is 0 Å². The van der Waals surface area contributed by atoms with E-state index >= 15 is 0 Å². The Morgan fingerprint density at radius 3 is 2.41 bits per heavy atom. The van der Waals surface area contributed by atoms with E-state index in [0.29, 0.717) is 17.9 Å². The summed E-state index contributed by atoms with van der Waals surface area (Å²) in [5, 5.41) is 14.6. The van der Waals surface area contributed by atoms with Gasteiger partial charge in [-0.3, -0.25) is 9.59 Å². The smallest absolute Gasteiger partial charge is 0.312 e. The Bertz CT molecular complexity index is 998. The van der Waals surface area contributed by atoms with Crippen molar-refractivity contribution < 1.29 is 19.4 Å². The Hall–Kier alpha value is -2.66. The third kappa shape index (κ3) is 5.87. The lowest BCUT2D eigenvalue weighted by Gasteiger charge is -2.30. The van der Waals surface area contributed by atoms with Gasteiger partial charge in [0.1, 0.15) is 18.1 Å². The van der Waals surface area contributed by atoms with Crippen molar-refractivity contribution in [1.29, 1.82) is 0 Å². The third-order valence-corrected chi connectivity index (χ3v) is 7.17. The minimum atomic E-state index is -0.749. The average molecular weight is 464 g/mol. The summed E-state index contributed by atoms with van der Waals surface area (Å²) in [5.41, 5.74) is 2.70. The van der Waals surface area contributed by atoms with Crippen LogP contribution in [0.1, 0.15) is 86.7 Å². The Balaban J connectivity index is 1.48. The minimum Gasteiger partial charge on any atom is -0.460 e. The van der Waals surface area contributed by atoms with Gasteiger partial charge in [0.15, 0.2) is 0 Å². The Labute approximate surface area is 202 Å². The Morgan fingerprint density at radius 2 is 1.82 bits per heavy atom. The fraction of sp³-hybridized carbons (Fsp3) is 0.517. The van der Waals surface area contributed by atoms with Gasteiger partial charge in [-0.25, -0.2) is 0 Å². The number of ether oxygens (including phenoxy) is 1. The van der Waals surface area contributed by atoms with E-state index < -0.39 is 17.2 Å². The highest BCUT2D eigenvalue weighted by Gasteiger charge is 2.52. The average Bonchev–Trinajstić information content (AvgIpc) is 3.37. The monoisotopic (exact) mass is 463 g/mol. The number of benzene rings is 2.